The third kappa shape index (κ3) is 7.15. The van der Waals surface area contributed by atoms with E-state index in [4.69, 9.17) is 4.74 Å². The summed E-state index contributed by atoms with van der Waals surface area (Å²) in [5, 5.41) is 14.8. The maximum Gasteiger partial charge on any atom is 0.328 e. The van der Waals surface area contributed by atoms with Gasteiger partial charge in [0.15, 0.2) is 0 Å². The number of hydrogen-bond donors (Lipinski definition) is 4. The third-order valence-corrected chi connectivity index (χ3v) is 6.51. The van der Waals surface area contributed by atoms with Crippen LogP contribution in [-0.4, -0.2) is 46.3 Å². The third-order valence-electron chi connectivity index (χ3n) is 5.68. The summed E-state index contributed by atoms with van der Waals surface area (Å²) >= 11 is 4.38. The van der Waals surface area contributed by atoms with Crippen LogP contribution in [0.4, 0.5) is 0 Å². The van der Waals surface area contributed by atoms with Gasteiger partial charge in [0.25, 0.3) is 0 Å². The fraction of sp³-hybridized carbons (Fsp3) is 0.625. The van der Waals surface area contributed by atoms with Crippen LogP contribution < -0.4 is 10.6 Å². The first-order valence-electron chi connectivity index (χ1n) is 11.3. The second-order valence-corrected chi connectivity index (χ2v) is 9.94. The Hall–Kier alpha value is -2.22. The Morgan fingerprint density at radius 3 is 2.22 bits per heavy atom. The Labute approximate surface area is 196 Å². The first kappa shape index (κ1) is 26.0. The largest absolute Gasteiger partial charge is 0.508 e. The highest BCUT2D eigenvalue weighted by Gasteiger charge is 2.44. The van der Waals surface area contributed by atoms with Crippen LogP contribution in [0, 0.1) is 11.8 Å². The van der Waals surface area contributed by atoms with Crippen LogP contribution in [0.15, 0.2) is 24.3 Å². The molecule has 178 valence electrons. The van der Waals surface area contributed by atoms with Gasteiger partial charge in [0, 0.05) is 6.42 Å². The molecule has 0 saturated heterocycles. The molecule has 1 aromatic carbocycles. The molecule has 0 unspecified atom stereocenters. The quantitative estimate of drug-likeness (QED) is 0.315. The number of phenols is 1. The lowest BCUT2D eigenvalue weighted by molar-refractivity contribution is -0.149. The van der Waals surface area contributed by atoms with Crippen LogP contribution in [0.2, 0.25) is 0 Å². The normalized spacial score (nSPS) is 17.1. The molecule has 1 saturated carbocycles. The number of amides is 2. The first-order chi connectivity index (χ1) is 15.0. The van der Waals surface area contributed by atoms with Crippen molar-refractivity contribution >= 4 is 30.4 Å². The maximum absolute atomic E-state index is 13.4. The number of rotatable bonds is 10. The van der Waals surface area contributed by atoms with E-state index < -0.39 is 22.8 Å². The second kappa shape index (κ2) is 11.6. The molecule has 7 nitrogen and oxygen atoms in total. The van der Waals surface area contributed by atoms with Crippen LogP contribution in [-0.2, 0) is 25.5 Å². The van der Waals surface area contributed by atoms with E-state index in [0.29, 0.717) is 12.8 Å². The minimum atomic E-state index is -1.06. The molecule has 2 atom stereocenters. The van der Waals surface area contributed by atoms with Crippen molar-refractivity contribution in [2.75, 3.05) is 6.61 Å². The number of esters is 1. The first-order valence-corrected chi connectivity index (χ1v) is 11.8. The molecule has 0 radical (unpaired) electrons. The van der Waals surface area contributed by atoms with E-state index >= 15 is 0 Å². The minimum absolute atomic E-state index is 0.0214. The van der Waals surface area contributed by atoms with Gasteiger partial charge in [-0.1, -0.05) is 52.7 Å². The molecule has 2 amide bonds. The molecule has 1 aromatic rings. The van der Waals surface area contributed by atoms with Gasteiger partial charge in [-0.15, -0.1) is 0 Å². The summed E-state index contributed by atoms with van der Waals surface area (Å²) in [7, 11) is 0. The summed E-state index contributed by atoms with van der Waals surface area (Å²) in [5.74, 6) is -0.874. The van der Waals surface area contributed by atoms with E-state index in [0.717, 1.165) is 18.4 Å². The Bertz CT molecular complexity index is 788. The van der Waals surface area contributed by atoms with Crippen LogP contribution in [0.5, 0.6) is 5.75 Å². The zero-order valence-electron chi connectivity index (χ0n) is 19.4. The Morgan fingerprint density at radius 2 is 1.69 bits per heavy atom. The summed E-state index contributed by atoms with van der Waals surface area (Å²) in [4.78, 5) is 38.9. The average Bonchev–Trinajstić information content (AvgIpc) is 3.21. The van der Waals surface area contributed by atoms with Crippen molar-refractivity contribution in [2.24, 2.45) is 11.8 Å². The molecule has 32 heavy (non-hydrogen) atoms. The lowest BCUT2D eigenvalue weighted by Crippen LogP contribution is -2.61. The number of benzene rings is 1. The van der Waals surface area contributed by atoms with Gasteiger partial charge >= 0.3 is 5.97 Å². The molecule has 2 rings (SSSR count). The molecule has 0 spiro atoms. The van der Waals surface area contributed by atoms with Gasteiger partial charge in [-0.2, -0.15) is 12.6 Å². The topological polar surface area (TPSA) is 105 Å². The van der Waals surface area contributed by atoms with E-state index in [9.17, 15) is 19.5 Å². The standard InChI is InChI=1S/C24H36N2O5S/c1-15(2)14-31-22(29)19(13-17-7-9-18(27)10-8-17)25-23(30)24(11-5-6-12-24)26-21(28)20(32)16(3)4/h7-10,15-16,19-20,27,32H,5-6,11-14H2,1-4H3,(H,25,30)(H,26,28)/t19-,20-/m0/s1. The number of carbonyl (C=O) groups is 3. The molecular weight excluding hydrogens is 428 g/mol. The SMILES string of the molecule is CC(C)COC(=O)[C@H](Cc1ccc(O)cc1)NC(=O)C1(NC(=O)[C@@H](S)C(C)C)CCCC1. The molecule has 0 bridgehead atoms. The summed E-state index contributed by atoms with van der Waals surface area (Å²) < 4.78 is 5.41. The van der Waals surface area contributed by atoms with Gasteiger partial charge in [0.1, 0.15) is 17.3 Å². The molecule has 0 heterocycles. The van der Waals surface area contributed by atoms with Crippen LogP contribution >= 0.6 is 12.6 Å². The van der Waals surface area contributed by atoms with E-state index in [2.05, 4.69) is 23.3 Å². The number of hydrogen-bond acceptors (Lipinski definition) is 6. The van der Waals surface area contributed by atoms with Crippen molar-refractivity contribution < 1.29 is 24.2 Å². The Morgan fingerprint density at radius 1 is 1.09 bits per heavy atom. The van der Waals surface area contributed by atoms with Gasteiger partial charge in [0.2, 0.25) is 11.8 Å². The summed E-state index contributed by atoms with van der Waals surface area (Å²) in [5.41, 5.74) is -0.285. The van der Waals surface area contributed by atoms with Gasteiger partial charge < -0.3 is 20.5 Å². The number of carbonyl (C=O) groups excluding carboxylic acids is 3. The van der Waals surface area contributed by atoms with Gasteiger partial charge in [-0.05, 0) is 42.4 Å². The number of ether oxygens (including phenoxy) is 1. The van der Waals surface area contributed by atoms with E-state index in [1.807, 2.05) is 27.7 Å². The smallest absolute Gasteiger partial charge is 0.328 e. The Balaban J connectivity index is 2.20. The second-order valence-electron chi connectivity index (χ2n) is 9.39. The van der Waals surface area contributed by atoms with Crippen molar-refractivity contribution in [3.8, 4) is 5.75 Å². The van der Waals surface area contributed by atoms with Crippen LogP contribution in [0.1, 0.15) is 58.9 Å². The molecule has 1 fully saturated rings. The number of nitrogens with one attached hydrogen (secondary N) is 2. The van der Waals surface area contributed by atoms with E-state index in [1.54, 1.807) is 12.1 Å². The van der Waals surface area contributed by atoms with Crippen molar-refractivity contribution in [1.82, 2.24) is 10.6 Å². The lowest BCUT2D eigenvalue weighted by Gasteiger charge is -2.32. The molecule has 1 aliphatic carbocycles. The number of thiol groups is 1. The fourth-order valence-corrected chi connectivity index (χ4v) is 3.77. The maximum atomic E-state index is 13.4. The minimum Gasteiger partial charge on any atom is -0.508 e. The highest BCUT2D eigenvalue weighted by molar-refractivity contribution is 7.81. The molecular formula is C24H36N2O5S. The van der Waals surface area contributed by atoms with E-state index in [1.165, 1.54) is 12.1 Å². The number of aromatic hydroxyl groups is 1. The molecule has 0 aliphatic heterocycles. The van der Waals surface area contributed by atoms with Crippen molar-refractivity contribution in [2.45, 2.75) is 76.6 Å². The van der Waals surface area contributed by atoms with Crippen molar-refractivity contribution in [3.05, 3.63) is 29.8 Å². The van der Waals surface area contributed by atoms with E-state index in [-0.39, 0.29) is 42.4 Å². The Kier molecular flexibility index (Phi) is 9.43. The highest BCUT2D eigenvalue weighted by Crippen LogP contribution is 2.31. The average molecular weight is 465 g/mol. The lowest BCUT2D eigenvalue weighted by atomic mass is 9.94. The summed E-state index contributed by atoms with van der Waals surface area (Å²) in [6.45, 7) is 7.92. The molecule has 0 aromatic heterocycles. The van der Waals surface area contributed by atoms with Gasteiger partial charge in [-0.25, -0.2) is 4.79 Å². The predicted octanol–water partition coefficient (Wildman–Crippen LogP) is 3.00. The zero-order chi connectivity index (χ0) is 23.9. The molecule has 3 N–H and O–H groups in total. The molecule has 1 aliphatic rings. The monoisotopic (exact) mass is 464 g/mol. The van der Waals surface area contributed by atoms with Crippen molar-refractivity contribution in [3.63, 3.8) is 0 Å². The summed E-state index contributed by atoms with van der Waals surface area (Å²) in [6.07, 6.45) is 2.86. The number of phenolic OH excluding ortho intramolecular Hbond substituents is 1. The zero-order valence-corrected chi connectivity index (χ0v) is 20.3. The van der Waals surface area contributed by atoms with Crippen molar-refractivity contribution in [1.29, 1.82) is 0 Å². The highest BCUT2D eigenvalue weighted by atomic mass is 32.1. The fourth-order valence-electron chi connectivity index (χ4n) is 3.71. The van der Waals surface area contributed by atoms with Gasteiger partial charge in [0.05, 0.1) is 11.9 Å². The van der Waals surface area contributed by atoms with Crippen LogP contribution in [0.3, 0.4) is 0 Å². The predicted molar refractivity (Wildman–Crippen MR) is 126 cm³/mol. The van der Waals surface area contributed by atoms with Gasteiger partial charge in [-0.3, -0.25) is 9.59 Å². The van der Waals surface area contributed by atoms with Crippen LogP contribution in [0.25, 0.3) is 0 Å². The molecule has 8 heteroatoms. The summed E-state index contributed by atoms with van der Waals surface area (Å²) in [6, 6.07) is 5.56.